The minimum Gasteiger partial charge on any atom is -0.390 e. The predicted octanol–water partition coefficient (Wildman–Crippen LogP) is 4.69. The Labute approximate surface area is 268 Å². The summed E-state index contributed by atoms with van der Waals surface area (Å²) >= 11 is 6.46. The molecule has 6 rings (SSSR count). The largest absolute Gasteiger partial charge is 0.390 e. The van der Waals surface area contributed by atoms with Gasteiger partial charge in [-0.2, -0.15) is 4.98 Å². The molecule has 242 valence electrons. The van der Waals surface area contributed by atoms with E-state index in [1.165, 1.54) is 29.8 Å². The maximum atomic E-state index is 15.5. The van der Waals surface area contributed by atoms with Crippen molar-refractivity contribution in [1.29, 1.82) is 0 Å². The number of hydrogen-bond acceptors (Lipinski definition) is 8. The van der Waals surface area contributed by atoms with Crippen LogP contribution in [0.4, 0.5) is 26.2 Å². The Bertz CT molecular complexity index is 1880. The van der Waals surface area contributed by atoms with Gasteiger partial charge >= 0.3 is 5.69 Å². The number of imide groups is 1. The van der Waals surface area contributed by atoms with Crippen LogP contribution in [0.3, 0.4) is 0 Å². The first kappa shape index (κ1) is 31.6. The number of piperidine rings is 1. The van der Waals surface area contributed by atoms with Crippen molar-refractivity contribution in [2.45, 2.75) is 45.3 Å². The molecule has 0 aliphatic carbocycles. The van der Waals surface area contributed by atoms with Crippen molar-refractivity contribution in [1.82, 2.24) is 24.0 Å². The highest BCUT2D eigenvalue weighted by molar-refractivity contribution is 6.33. The molecule has 0 radical (unpaired) electrons. The summed E-state index contributed by atoms with van der Waals surface area (Å²) in [6.45, 7) is 4.38. The first-order chi connectivity index (χ1) is 21.7. The van der Waals surface area contributed by atoms with E-state index in [0.29, 0.717) is 29.7 Å². The van der Waals surface area contributed by atoms with Crippen LogP contribution >= 0.6 is 11.6 Å². The summed E-state index contributed by atoms with van der Waals surface area (Å²) in [4.78, 5) is 50.2. The van der Waals surface area contributed by atoms with E-state index in [9.17, 15) is 19.5 Å². The van der Waals surface area contributed by atoms with Gasteiger partial charge in [0.05, 0.1) is 39.9 Å². The molecule has 11 nitrogen and oxygen atoms in total. The van der Waals surface area contributed by atoms with E-state index in [-0.39, 0.29) is 46.7 Å². The van der Waals surface area contributed by atoms with Crippen LogP contribution in [0, 0.1) is 11.8 Å². The number of benzene rings is 2. The minimum absolute atomic E-state index is 0.0594. The average Bonchev–Trinajstić information content (AvgIpc) is 3.38. The summed E-state index contributed by atoms with van der Waals surface area (Å²) in [5, 5.41) is 13.6. The number of nitrogens with one attached hydrogen (secondary N) is 1. The zero-order valence-corrected chi connectivity index (χ0v) is 26.6. The zero-order chi connectivity index (χ0) is 33.1. The number of imidazole rings is 1. The lowest BCUT2D eigenvalue weighted by atomic mass is 9.85. The van der Waals surface area contributed by atoms with Crippen molar-refractivity contribution in [3.8, 4) is 0 Å². The summed E-state index contributed by atoms with van der Waals surface area (Å²) in [5.41, 5.74) is 1.16. The lowest BCUT2D eigenvalue weighted by Gasteiger charge is -2.43. The van der Waals surface area contributed by atoms with Gasteiger partial charge in [-0.15, -0.1) is 0 Å². The number of aryl methyl sites for hydroxylation is 2. The number of nitrogens with zero attached hydrogens (tertiary/aromatic N) is 6. The molecule has 0 spiro atoms. The molecule has 2 amide bonds. The van der Waals surface area contributed by atoms with Gasteiger partial charge in [0.1, 0.15) is 5.02 Å². The molecule has 0 bridgehead atoms. The Morgan fingerprint density at radius 1 is 1.07 bits per heavy atom. The number of rotatable bonds is 8. The molecular formula is C32H34ClF2N7O4. The summed E-state index contributed by atoms with van der Waals surface area (Å²) in [7, 11) is 1.68. The third kappa shape index (κ3) is 5.62. The summed E-state index contributed by atoms with van der Waals surface area (Å²) in [6.07, 6.45) is 1.75. The van der Waals surface area contributed by atoms with Crippen molar-refractivity contribution in [3.63, 3.8) is 0 Å². The molecular weight excluding hydrogens is 620 g/mol. The van der Waals surface area contributed by atoms with Gasteiger partial charge in [-0.05, 0) is 50.6 Å². The van der Waals surface area contributed by atoms with E-state index < -0.39 is 41.7 Å². The Morgan fingerprint density at radius 2 is 1.74 bits per heavy atom. The Hall–Kier alpha value is -4.36. The van der Waals surface area contributed by atoms with Crippen molar-refractivity contribution in [2.24, 2.45) is 18.9 Å². The molecule has 2 aromatic heterocycles. The van der Waals surface area contributed by atoms with Gasteiger partial charge in [0.2, 0.25) is 5.95 Å². The fraction of sp³-hybridized carbons (Fsp3) is 0.406. The van der Waals surface area contributed by atoms with Gasteiger partial charge in [0.15, 0.2) is 5.82 Å². The number of aromatic nitrogens is 4. The summed E-state index contributed by atoms with van der Waals surface area (Å²) < 4.78 is 34.2. The average molecular weight is 654 g/mol. The van der Waals surface area contributed by atoms with Crippen LogP contribution in [-0.4, -0.2) is 72.1 Å². The first-order valence-corrected chi connectivity index (χ1v) is 15.3. The standard InChI is InChI=1S/C32H34ClF2N7O4/c1-18-15-40(16-19(32(18,34)35)17-42-27(43)21-7-5-6-8-22(21)28(42)44)29-36-14-23(33)26(38-29)37-20-9-10-24-25(13-20)41(30(45)39(24)4)12-11-31(2,3)46/h5-10,13-14,18-19,46H,11-12,15-17H2,1-4H3,(H,36,37,38)/t18-,19-/m1/s1. The molecule has 2 N–H and O–H groups in total. The van der Waals surface area contributed by atoms with Gasteiger partial charge < -0.3 is 15.3 Å². The lowest BCUT2D eigenvalue weighted by molar-refractivity contribution is -0.114. The van der Waals surface area contributed by atoms with Crippen molar-refractivity contribution >= 4 is 51.9 Å². The molecule has 0 unspecified atom stereocenters. The van der Waals surface area contributed by atoms with Crippen LogP contribution in [-0.2, 0) is 13.6 Å². The highest BCUT2D eigenvalue weighted by Crippen LogP contribution is 2.40. The SMILES string of the molecule is C[C@@H]1CN(c2ncc(Cl)c(Nc3ccc4c(c3)n(CCC(C)(C)O)c(=O)n4C)n2)C[C@H](CN2C(=O)c3ccccc3C2=O)C1(F)F. The van der Waals surface area contributed by atoms with Crippen LogP contribution in [0.25, 0.3) is 11.0 Å². The number of carbonyl (C=O) groups excluding carboxylic acids is 2. The fourth-order valence-electron chi connectivity index (χ4n) is 6.11. The summed E-state index contributed by atoms with van der Waals surface area (Å²) in [6, 6.07) is 11.6. The van der Waals surface area contributed by atoms with Gasteiger partial charge in [-0.3, -0.25) is 23.6 Å². The number of fused-ring (bicyclic) bond motifs is 2. The number of anilines is 3. The second-order valence-electron chi connectivity index (χ2n) is 12.7. The van der Waals surface area contributed by atoms with E-state index >= 15 is 8.78 Å². The van der Waals surface area contributed by atoms with Crippen molar-refractivity contribution in [3.05, 3.63) is 75.3 Å². The molecule has 0 saturated carbocycles. The van der Waals surface area contributed by atoms with Gasteiger partial charge in [0, 0.05) is 44.8 Å². The second-order valence-corrected chi connectivity index (χ2v) is 13.1. The number of alkyl halides is 2. The molecule has 2 atom stereocenters. The normalized spacial score (nSPS) is 19.7. The van der Waals surface area contributed by atoms with Crippen LogP contribution < -0.4 is 15.9 Å². The van der Waals surface area contributed by atoms with Gasteiger partial charge in [-0.25, -0.2) is 18.6 Å². The van der Waals surface area contributed by atoms with Gasteiger partial charge in [0.25, 0.3) is 17.7 Å². The Kier molecular flexibility index (Phi) is 7.88. The first-order valence-electron chi connectivity index (χ1n) is 14.9. The number of aliphatic hydroxyl groups is 1. The number of amides is 2. The maximum absolute atomic E-state index is 15.5. The van der Waals surface area contributed by atoms with E-state index in [1.54, 1.807) is 60.7 Å². The topological polar surface area (TPSA) is 126 Å². The van der Waals surface area contributed by atoms with E-state index in [0.717, 1.165) is 4.90 Å². The third-order valence-electron chi connectivity index (χ3n) is 8.79. The fourth-order valence-corrected chi connectivity index (χ4v) is 6.25. The van der Waals surface area contributed by atoms with E-state index in [2.05, 4.69) is 15.3 Å². The van der Waals surface area contributed by atoms with E-state index in [4.69, 9.17) is 11.6 Å². The molecule has 46 heavy (non-hydrogen) atoms. The number of hydrogen-bond donors (Lipinski definition) is 2. The van der Waals surface area contributed by atoms with Crippen LogP contribution in [0.2, 0.25) is 5.02 Å². The molecule has 2 aliphatic rings. The number of halogens is 3. The quantitative estimate of drug-likeness (QED) is 0.263. The van der Waals surface area contributed by atoms with Gasteiger partial charge in [-0.1, -0.05) is 30.7 Å². The summed E-state index contributed by atoms with van der Waals surface area (Å²) in [5.74, 6) is -6.44. The van der Waals surface area contributed by atoms with Crippen molar-refractivity contribution in [2.75, 3.05) is 29.9 Å². The van der Waals surface area contributed by atoms with Crippen LogP contribution in [0.15, 0.2) is 53.5 Å². The molecule has 14 heteroatoms. The second kappa shape index (κ2) is 11.5. The maximum Gasteiger partial charge on any atom is 0.328 e. The predicted molar refractivity (Wildman–Crippen MR) is 170 cm³/mol. The zero-order valence-electron chi connectivity index (χ0n) is 25.8. The smallest absolute Gasteiger partial charge is 0.328 e. The van der Waals surface area contributed by atoms with Crippen LogP contribution in [0.5, 0.6) is 0 Å². The molecule has 1 fully saturated rings. The highest BCUT2D eigenvalue weighted by atomic mass is 35.5. The molecule has 2 aromatic carbocycles. The third-order valence-corrected chi connectivity index (χ3v) is 9.06. The van der Waals surface area contributed by atoms with Crippen LogP contribution in [0.1, 0.15) is 47.9 Å². The Morgan fingerprint density at radius 3 is 2.39 bits per heavy atom. The molecule has 1 saturated heterocycles. The molecule has 4 aromatic rings. The monoisotopic (exact) mass is 653 g/mol. The minimum atomic E-state index is -3.16. The van der Waals surface area contributed by atoms with Crippen molar-refractivity contribution < 1.29 is 23.5 Å². The molecule has 4 heterocycles. The molecule has 2 aliphatic heterocycles. The van der Waals surface area contributed by atoms with E-state index in [1.807, 2.05) is 0 Å². The highest BCUT2D eigenvalue weighted by Gasteiger charge is 2.52. The number of carbonyl (C=O) groups is 2. The lowest BCUT2D eigenvalue weighted by Crippen LogP contribution is -2.56. The Balaban J connectivity index is 1.25.